The van der Waals surface area contributed by atoms with Gasteiger partial charge in [-0.25, -0.2) is 0 Å². The molecule has 2 unspecified atom stereocenters. The van der Waals surface area contributed by atoms with Crippen molar-refractivity contribution in [3.63, 3.8) is 0 Å². The van der Waals surface area contributed by atoms with Crippen molar-refractivity contribution in [3.8, 4) is 0 Å². The van der Waals surface area contributed by atoms with Crippen molar-refractivity contribution >= 4 is 16.3 Å². The van der Waals surface area contributed by atoms with E-state index in [0.717, 1.165) is 16.7 Å². The Morgan fingerprint density at radius 2 is 2.00 bits per heavy atom. The van der Waals surface area contributed by atoms with E-state index in [1.54, 1.807) is 0 Å². The van der Waals surface area contributed by atoms with Crippen LogP contribution in [0.3, 0.4) is 0 Å². The minimum absolute atomic E-state index is 0.0155. The Morgan fingerprint density at radius 3 is 2.76 bits per heavy atom. The third kappa shape index (κ3) is 2.78. The number of ether oxygens (including phenoxy) is 1. The second-order valence-corrected chi connectivity index (χ2v) is 5.68. The zero-order valence-corrected chi connectivity index (χ0v) is 12.3. The van der Waals surface area contributed by atoms with E-state index in [1.165, 1.54) is 10.8 Å². The van der Waals surface area contributed by atoms with Crippen molar-refractivity contribution < 1.29 is 9.84 Å². The topological polar surface area (TPSA) is 29.5 Å². The van der Waals surface area contributed by atoms with Crippen LogP contribution < -0.4 is 0 Å². The Morgan fingerprint density at radius 1 is 1.24 bits per heavy atom. The summed E-state index contributed by atoms with van der Waals surface area (Å²) in [6, 6.07) is 14.6. The predicted octanol–water partition coefficient (Wildman–Crippen LogP) is 3.81. The first kappa shape index (κ1) is 14.1. The number of aliphatic hydroxyl groups is 1. The second kappa shape index (κ2) is 5.84. The Hall–Kier alpha value is -1.90. The maximum Gasteiger partial charge on any atom is 0.106 e. The summed E-state index contributed by atoms with van der Waals surface area (Å²) in [5.74, 6) is 0.341. The van der Waals surface area contributed by atoms with E-state index in [4.69, 9.17) is 4.74 Å². The molecule has 2 aromatic rings. The molecule has 108 valence electrons. The van der Waals surface area contributed by atoms with Crippen LogP contribution in [-0.4, -0.2) is 24.4 Å². The number of hydrogen-bond acceptors (Lipinski definition) is 2. The summed E-state index contributed by atoms with van der Waals surface area (Å²) >= 11 is 0. The lowest BCUT2D eigenvalue weighted by Crippen LogP contribution is -2.27. The molecule has 2 heteroatoms. The maximum atomic E-state index is 9.56. The van der Waals surface area contributed by atoms with Crippen LogP contribution in [0.2, 0.25) is 0 Å². The Labute approximate surface area is 125 Å². The van der Waals surface area contributed by atoms with Crippen LogP contribution in [-0.2, 0) is 4.74 Å². The highest BCUT2D eigenvalue weighted by molar-refractivity contribution is 5.86. The lowest BCUT2D eigenvalue weighted by atomic mass is 9.91. The van der Waals surface area contributed by atoms with Crippen molar-refractivity contribution in [3.05, 3.63) is 66.3 Å². The van der Waals surface area contributed by atoms with Gasteiger partial charge in [0, 0.05) is 0 Å². The van der Waals surface area contributed by atoms with Gasteiger partial charge in [-0.3, -0.25) is 0 Å². The molecule has 1 heterocycles. The van der Waals surface area contributed by atoms with Gasteiger partial charge in [-0.05, 0) is 39.5 Å². The fourth-order valence-corrected chi connectivity index (χ4v) is 2.86. The van der Waals surface area contributed by atoms with Gasteiger partial charge in [0.1, 0.15) is 6.10 Å². The third-order valence-corrected chi connectivity index (χ3v) is 3.98. The van der Waals surface area contributed by atoms with Gasteiger partial charge in [-0.2, -0.15) is 0 Å². The third-order valence-electron chi connectivity index (χ3n) is 3.98. The van der Waals surface area contributed by atoms with Crippen LogP contribution in [0.25, 0.3) is 16.3 Å². The highest BCUT2D eigenvalue weighted by Crippen LogP contribution is 2.30. The van der Waals surface area contributed by atoms with E-state index in [0.29, 0.717) is 12.5 Å². The predicted molar refractivity (Wildman–Crippen MR) is 87.1 cm³/mol. The summed E-state index contributed by atoms with van der Waals surface area (Å²) in [6.45, 7) is 6.97. The summed E-state index contributed by atoms with van der Waals surface area (Å²) in [4.78, 5) is 0. The Balaban J connectivity index is 1.94. The monoisotopic (exact) mass is 280 g/mol. The largest absolute Gasteiger partial charge is 0.392 e. The summed E-state index contributed by atoms with van der Waals surface area (Å²) in [5.41, 5.74) is 2.88. The van der Waals surface area contributed by atoms with Gasteiger partial charge in [0.25, 0.3) is 0 Å². The van der Waals surface area contributed by atoms with Crippen LogP contribution in [0.15, 0.2) is 60.7 Å². The average Bonchev–Trinajstić information content (AvgIpc) is 2.53. The minimum atomic E-state index is -0.215. The first-order chi connectivity index (χ1) is 10.2. The van der Waals surface area contributed by atoms with E-state index in [1.807, 2.05) is 12.1 Å². The summed E-state index contributed by atoms with van der Waals surface area (Å²) in [5, 5.41) is 12.0. The molecule has 0 saturated carbocycles. The molecule has 0 aromatic heterocycles. The van der Waals surface area contributed by atoms with Crippen molar-refractivity contribution in [1.82, 2.24) is 0 Å². The molecule has 1 aliphatic rings. The number of aliphatic hydroxyl groups excluding tert-OH is 1. The molecular weight excluding hydrogens is 260 g/mol. The maximum absolute atomic E-state index is 9.56. The van der Waals surface area contributed by atoms with Gasteiger partial charge in [-0.15, -0.1) is 0 Å². The SMILES string of the molecule is C=C(c1ccc2ccccc2c1)C1OCC(C)C=C1CO. The highest BCUT2D eigenvalue weighted by atomic mass is 16.5. The highest BCUT2D eigenvalue weighted by Gasteiger charge is 2.24. The molecule has 2 nitrogen and oxygen atoms in total. The van der Waals surface area contributed by atoms with Gasteiger partial charge >= 0.3 is 0 Å². The number of fused-ring (bicyclic) bond motifs is 1. The number of hydrogen-bond donors (Lipinski definition) is 1. The fraction of sp³-hybridized carbons (Fsp3) is 0.263. The van der Waals surface area contributed by atoms with Crippen LogP contribution >= 0.6 is 0 Å². The van der Waals surface area contributed by atoms with Gasteiger partial charge in [-0.1, -0.05) is 56.0 Å². The van der Waals surface area contributed by atoms with Crippen molar-refractivity contribution in [2.24, 2.45) is 5.92 Å². The molecule has 0 aliphatic carbocycles. The van der Waals surface area contributed by atoms with E-state index in [-0.39, 0.29) is 12.7 Å². The molecule has 0 bridgehead atoms. The molecule has 0 fully saturated rings. The van der Waals surface area contributed by atoms with Gasteiger partial charge in [0.05, 0.1) is 13.2 Å². The summed E-state index contributed by atoms with van der Waals surface area (Å²) < 4.78 is 5.89. The van der Waals surface area contributed by atoms with Crippen molar-refractivity contribution in [2.75, 3.05) is 13.2 Å². The normalized spacial score (nSPS) is 22.1. The Kier molecular flexibility index (Phi) is 3.91. The van der Waals surface area contributed by atoms with Crippen LogP contribution in [0.1, 0.15) is 12.5 Å². The lowest BCUT2D eigenvalue weighted by molar-refractivity contribution is 0.0759. The van der Waals surface area contributed by atoms with Gasteiger partial charge in [0.15, 0.2) is 0 Å². The zero-order chi connectivity index (χ0) is 14.8. The molecule has 0 saturated heterocycles. The molecule has 2 aromatic carbocycles. The molecule has 1 aliphatic heterocycles. The number of rotatable bonds is 3. The standard InChI is InChI=1S/C19H20O2/c1-13-9-18(11-20)19(21-12-13)14(2)16-8-7-15-5-3-4-6-17(15)10-16/h3-10,13,19-20H,2,11-12H2,1H3. The first-order valence-corrected chi connectivity index (χ1v) is 7.30. The smallest absolute Gasteiger partial charge is 0.106 e. The fourth-order valence-electron chi connectivity index (χ4n) is 2.86. The molecule has 0 spiro atoms. The minimum Gasteiger partial charge on any atom is -0.392 e. The van der Waals surface area contributed by atoms with E-state index in [2.05, 4.69) is 49.9 Å². The van der Waals surface area contributed by atoms with Crippen LogP contribution in [0.5, 0.6) is 0 Å². The molecular formula is C19H20O2. The van der Waals surface area contributed by atoms with E-state index >= 15 is 0 Å². The van der Waals surface area contributed by atoms with Gasteiger partial charge < -0.3 is 9.84 Å². The van der Waals surface area contributed by atoms with Crippen molar-refractivity contribution in [1.29, 1.82) is 0 Å². The zero-order valence-electron chi connectivity index (χ0n) is 12.3. The molecule has 2 atom stereocenters. The van der Waals surface area contributed by atoms with Crippen LogP contribution in [0.4, 0.5) is 0 Å². The first-order valence-electron chi connectivity index (χ1n) is 7.30. The Bertz CT molecular complexity index is 700. The molecule has 0 amide bonds. The molecule has 0 radical (unpaired) electrons. The molecule has 21 heavy (non-hydrogen) atoms. The lowest BCUT2D eigenvalue weighted by Gasteiger charge is -2.29. The average molecular weight is 280 g/mol. The quantitative estimate of drug-likeness (QED) is 0.866. The molecule has 1 N–H and O–H groups in total. The summed E-state index contributed by atoms with van der Waals surface area (Å²) in [6.07, 6.45) is 1.88. The van der Waals surface area contributed by atoms with Crippen molar-refractivity contribution in [2.45, 2.75) is 13.0 Å². The second-order valence-electron chi connectivity index (χ2n) is 5.68. The molecule has 3 rings (SSSR count). The van der Waals surface area contributed by atoms with Crippen LogP contribution in [0, 0.1) is 5.92 Å². The summed E-state index contributed by atoms with van der Waals surface area (Å²) in [7, 11) is 0. The van der Waals surface area contributed by atoms with Gasteiger partial charge in [0.2, 0.25) is 0 Å². The number of benzene rings is 2. The van der Waals surface area contributed by atoms with E-state index < -0.39 is 0 Å². The van der Waals surface area contributed by atoms with E-state index in [9.17, 15) is 5.11 Å².